The summed E-state index contributed by atoms with van der Waals surface area (Å²) in [5, 5.41) is 16.6. The second-order valence-corrected chi connectivity index (χ2v) is 9.07. The predicted octanol–water partition coefficient (Wildman–Crippen LogP) is 1.37. The second-order valence-electron chi connectivity index (χ2n) is 9.07. The van der Waals surface area contributed by atoms with E-state index in [0.29, 0.717) is 16.7 Å². The predicted molar refractivity (Wildman–Crippen MR) is 120 cm³/mol. The van der Waals surface area contributed by atoms with Crippen molar-refractivity contribution in [2.45, 2.75) is 52.9 Å². The van der Waals surface area contributed by atoms with Crippen LogP contribution in [0.3, 0.4) is 0 Å². The minimum Gasteiger partial charge on any atom is -0.548 e. The monoisotopic (exact) mass is 455 g/mol. The maximum absolute atomic E-state index is 12.7. The van der Waals surface area contributed by atoms with Crippen molar-refractivity contribution in [3.8, 4) is 0 Å². The first kappa shape index (κ1) is 24.0. The van der Waals surface area contributed by atoms with Gasteiger partial charge in [-0.05, 0) is 37.3 Å². The molecular weight excluding hydrogens is 428 g/mol. The summed E-state index contributed by atoms with van der Waals surface area (Å²) in [6.07, 6.45) is 1.83. The first-order chi connectivity index (χ1) is 15.4. The molecule has 2 heterocycles. The number of hydrogen-bond donors (Lipinski definition) is 2. The van der Waals surface area contributed by atoms with Gasteiger partial charge in [-0.15, -0.1) is 0 Å². The Balaban J connectivity index is 1.84. The van der Waals surface area contributed by atoms with Crippen LogP contribution in [0.15, 0.2) is 26.0 Å². The molecule has 3 rings (SSSR count). The number of rotatable bonds is 7. The van der Waals surface area contributed by atoms with E-state index in [9.17, 15) is 24.3 Å². The number of aliphatic carboxylic acids is 1. The summed E-state index contributed by atoms with van der Waals surface area (Å²) in [6, 6.07) is 1.96. The van der Waals surface area contributed by atoms with Crippen LogP contribution in [0, 0.1) is 13.8 Å². The van der Waals surface area contributed by atoms with Gasteiger partial charge in [-0.25, -0.2) is 4.79 Å². The van der Waals surface area contributed by atoms with Gasteiger partial charge < -0.3 is 29.4 Å². The Hall–Kier alpha value is -3.62. The molecule has 0 aliphatic carbocycles. The van der Waals surface area contributed by atoms with E-state index in [4.69, 9.17) is 8.83 Å². The SMILES string of the molecule is Cc1c(CCC(=O)NCC(=O)NCC(=O)[O-])c(=O)oc2c(C)c3occ(C(C)(C)C)c3cc12. The van der Waals surface area contributed by atoms with E-state index in [2.05, 4.69) is 31.4 Å². The summed E-state index contributed by atoms with van der Waals surface area (Å²) in [5.41, 5.74) is 3.38. The summed E-state index contributed by atoms with van der Waals surface area (Å²) in [4.78, 5) is 46.7. The van der Waals surface area contributed by atoms with Gasteiger partial charge in [-0.3, -0.25) is 9.59 Å². The van der Waals surface area contributed by atoms with Gasteiger partial charge >= 0.3 is 5.63 Å². The molecule has 1 aromatic carbocycles. The van der Waals surface area contributed by atoms with Crippen molar-refractivity contribution in [3.05, 3.63) is 45.0 Å². The maximum Gasteiger partial charge on any atom is 0.339 e. The molecule has 9 heteroatoms. The zero-order valence-electron chi connectivity index (χ0n) is 19.3. The van der Waals surface area contributed by atoms with Gasteiger partial charge in [0.05, 0.1) is 25.3 Å². The first-order valence-corrected chi connectivity index (χ1v) is 10.6. The molecule has 0 unspecified atom stereocenters. The lowest BCUT2D eigenvalue weighted by Crippen LogP contribution is -2.42. The van der Waals surface area contributed by atoms with Gasteiger partial charge in [0.2, 0.25) is 11.8 Å². The summed E-state index contributed by atoms with van der Waals surface area (Å²) in [6.45, 7) is 8.95. The minimum atomic E-state index is -1.43. The fraction of sp³-hybridized carbons (Fsp3) is 0.417. The third-order valence-electron chi connectivity index (χ3n) is 5.63. The molecule has 33 heavy (non-hydrogen) atoms. The van der Waals surface area contributed by atoms with E-state index in [0.717, 1.165) is 27.5 Å². The molecule has 2 N–H and O–H groups in total. The molecule has 0 fully saturated rings. The summed E-state index contributed by atoms with van der Waals surface area (Å²) in [7, 11) is 0. The molecule has 0 atom stereocenters. The average Bonchev–Trinajstić information content (AvgIpc) is 3.16. The van der Waals surface area contributed by atoms with E-state index in [1.165, 1.54) is 0 Å². The molecule has 0 radical (unpaired) electrons. The van der Waals surface area contributed by atoms with Crippen molar-refractivity contribution in [2.75, 3.05) is 13.1 Å². The maximum atomic E-state index is 12.7. The molecule has 0 aliphatic heterocycles. The van der Waals surface area contributed by atoms with Crippen LogP contribution < -0.4 is 21.4 Å². The summed E-state index contributed by atoms with van der Waals surface area (Å²) in [5.74, 6) is -2.53. The number of carbonyl (C=O) groups excluding carboxylic acids is 3. The number of carboxylic acids is 1. The number of carbonyl (C=O) groups is 3. The number of hydrogen-bond acceptors (Lipinski definition) is 7. The molecule has 0 saturated heterocycles. The third-order valence-corrected chi connectivity index (χ3v) is 5.63. The van der Waals surface area contributed by atoms with Crippen LogP contribution in [0.25, 0.3) is 21.9 Å². The standard InChI is InChI=1S/C24H28N2O7/c1-12-14(6-7-18(27)25-9-19(28)26-10-20(29)30)23(31)33-22-13(2)21-16(8-15(12)22)17(11-32-21)24(3,4)5/h8,11H,6-7,9-10H2,1-5H3,(H,25,27)(H,26,28)(H,29,30)/p-1. The van der Waals surface area contributed by atoms with E-state index in [1.807, 2.05) is 19.9 Å². The van der Waals surface area contributed by atoms with Crippen molar-refractivity contribution in [3.63, 3.8) is 0 Å². The van der Waals surface area contributed by atoms with Crippen molar-refractivity contribution >= 4 is 39.7 Å². The lowest BCUT2D eigenvalue weighted by atomic mass is 9.86. The summed E-state index contributed by atoms with van der Waals surface area (Å²) < 4.78 is 11.4. The largest absolute Gasteiger partial charge is 0.548 e. The smallest absolute Gasteiger partial charge is 0.339 e. The lowest BCUT2D eigenvalue weighted by Gasteiger charge is -2.17. The van der Waals surface area contributed by atoms with Crippen LogP contribution in [-0.2, 0) is 26.2 Å². The molecule has 176 valence electrons. The fourth-order valence-corrected chi connectivity index (χ4v) is 3.81. The van der Waals surface area contributed by atoms with Crippen molar-refractivity contribution in [1.29, 1.82) is 0 Å². The summed E-state index contributed by atoms with van der Waals surface area (Å²) >= 11 is 0. The number of furan rings is 1. The molecule has 0 spiro atoms. The molecule has 3 aromatic rings. The van der Waals surface area contributed by atoms with Gasteiger partial charge in [-0.2, -0.15) is 0 Å². The number of carboxylic acid groups (broad SMARTS) is 1. The Bertz CT molecular complexity index is 1310. The normalized spacial score (nSPS) is 11.7. The van der Waals surface area contributed by atoms with Crippen LogP contribution in [0.2, 0.25) is 0 Å². The van der Waals surface area contributed by atoms with Crippen molar-refractivity contribution in [1.82, 2.24) is 10.6 Å². The van der Waals surface area contributed by atoms with Gasteiger partial charge in [0.15, 0.2) is 0 Å². The van der Waals surface area contributed by atoms with Crippen LogP contribution in [-0.4, -0.2) is 30.9 Å². The zero-order chi connectivity index (χ0) is 24.5. The highest BCUT2D eigenvalue weighted by atomic mass is 16.4. The van der Waals surface area contributed by atoms with Crippen LogP contribution in [0.5, 0.6) is 0 Å². The van der Waals surface area contributed by atoms with Crippen LogP contribution in [0.4, 0.5) is 0 Å². The van der Waals surface area contributed by atoms with Gasteiger partial charge in [-0.1, -0.05) is 20.8 Å². The highest BCUT2D eigenvalue weighted by molar-refractivity contribution is 6.00. The second kappa shape index (κ2) is 9.09. The minimum absolute atomic E-state index is 0.0367. The third kappa shape index (κ3) is 5.08. The van der Waals surface area contributed by atoms with E-state index in [-0.39, 0.29) is 24.8 Å². The molecule has 0 aliphatic rings. The zero-order valence-corrected chi connectivity index (χ0v) is 19.3. The molecule has 0 saturated carbocycles. The molecular formula is C24H27N2O7-. The average molecular weight is 455 g/mol. The highest BCUT2D eigenvalue weighted by Gasteiger charge is 2.23. The number of benzene rings is 1. The Morgan fingerprint density at radius 1 is 0.970 bits per heavy atom. The first-order valence-electron chi connectivity index (χ1n) is 10.6. The highest BCUT2D eigenvalue weighted by Crippen LogP contribution is 2.37. The number of aryl methyl sites for hydroxylation is 2. The number of fused-ring (bicyclic) bond motifs is 2. The Labute approximate surface area is 190 Å². The molecule has 9 nitrogen and oxygen atoms in total. The topological polar surface area (TPSA) is 142 Å². The Kier molecular flexibility index (Phi) is 6.62. The van der Waals surface area contributed by atoms with Crippen molar-refractivity contribution in [2.24, 2.45) is 0 Å². The fourth-order valence-electron chi connectivity index (χ4n) is 3.81. The van der Waals surface area contributed by atoms with E-state index in [1.54, 1.807) is 6.26 Å². The van der Waals surface area contributed by atoms with Gasteiger partial charge in [0, 0.05) is 33.9 Å². The Morgan fingerprint density at radius 2 is 1.64 bits per heavy atom. The van der Waals surface area contributed by atoms with Gasteiger partial charge in [0.1, 0.15) is 11.2 Å². The molecule has 2 aromatic heterocycles. The van der Waals surface area contributed by atoms with Crippen LogP contribution in [0.1, 0.15) is 49.4 Å². The lowest BCUT2D eigenvalue weighted by molar-refractivity contribution is -0.304. The Morgan fingerprint density at radius 3 is 2.27 bits per heavy atom. The quantitative estimate of drug-likeness (QED) is 0.512. The van der Waals surface area contributed by atoms with E-state index < -0.39 is 30.0 Å². The van der Waals surface area contributed by atoms with Crippen molar-refractivity contribution < 1.29 is 28.3 Å². The van der Waals surface area contributed by atoms with Crippen LogP contribution >= 0.6 is 0 Å². The van der Waals surface area contributed by atoms with Gasteiger partial charge in [0.25, 0.3) is 0 Å². The van der Waals surface area contributed by atoms with E-state index >= 15 is 0 Å². The number of amides is 2. The molecule has 2 amide bonds. The number of nitrogens with one attached hydrogen (secondary N) is 2. The molecule has 0 bridgehead atoms.